The van der Waals surface area contributed by atoms with Crippen molar-refractivity contribution in [1.29, 1.82) is 0 Å². The number of carbonyl (C=O) groups excluding carboxylic acids is 1. The Morgan fingerprint density at radius 1 is 1.13 bits per heavy atom. The fraction of sp³-hybridized carbons (Fsp3) is 0.0625. The van der Waals surface area contributed by atoms with Crippen LogP contribution in [0.1, 0.15) is 16.2 Å². The van der Waals surface area contributed by atoms with Gasteiger partial charge in [0.15, 0.2) is 11.5 Å². The Balaban J connectivity index is 1.61. The number of halogens is 1. The van der Waals surface area contributed by atoms with E-state index in [1.54, 1.807) is 30.5 Å². The van der Waals surface area contributed by atoms with Crippen molar-refractivity contribution in [2.75, 3.05) is 5.32 Å². The molecule has 0 saturated heterocycles. The van der Waals surface area contributed by atoms with Gasteiger partial charge >= 0.3 is 0 Å². The van der Waals surface area contributed by atoms with Crippen LogP contribution in [0.25, 0.3) is 0 Å². The Morgan fingerprint density at radius 3 is 2.74 bits per heavy atom. The zero-order valence-corrected chi connectivity index (χ0v) is 13.6. The monoisotopic (exact) mass is 372 g/mol. The van der Waals surface area contributed by atoms with Crippen LogP contribution in [0.3, 0.4) is 0 Å². The van der Waals surface area contributed by atoms with Crippen molar-refractivity contribution in [3.05, 3.63) is 70.7 Å². The lowest BCUT2D eigenvalue weighted by Gasteiger charge is -2.06. The van der Waals surface area contributed by atoms with E-state index in [9.17, 15) is 4.79 Å². The molecular formula is C16H13BrN4O2. The summed E-state index contributed by atoms with van der Waals surface area (Å²) >= 11 is 3.40. The molecule has 0 aliphatic carbocycles. The van der Waals surface area contributed by atoms with Gasteiger partial charge in [-0.1, -0.05) is 22.0 Å². The first-order valence-corrected chi connectivity index (χ1v) is 7.67. The van der Waals surface area contributed by atoms with Crippen LogP contribution in [0.5, 0.6) is 0 Å². The number of hydrogen-bond acceptors (Lipinski definition) is 5. The molecule has 0 saturated carbocycles. The largest absolute Gasteiger partial charge is 0.467 e. The summed E-state index contributed by atoms with van der Waals surface area (Å²) in [6.45, 7) is 0.311. The first kappa shape index (κ1) is 15.2. The summed E-state index contributed by atoms with van der Waals surface area (Å²) in [4.78, 5) is 12.0. The van der Waals surface area contributed by atoms with Gasteiger partial charge in [0.1, 0.15) is 5.76 Å². The van der Waals surface area contributed by atoms with Gasteiger partial charge in [-0.05, 0) is 42.5 Å². The smallest absolute Gasteiger partial charge is 0.272 e. The molecule has 0 radical (unpaired) electrons. The predicted octanol–water partition coefficient (Wildman–Crippen LogP) is 3.51. The topological polar surface area (TPSA) is 80.0 Å². The molecule has 0 fully saturated rings. The van der Waals surface area contributed by atoms with Crippen LogP contribution in [0, 0.1) is 0 Å². The number of hydrogen-bond donors (Lipinski definition) is 2. The van der Waals surface area contributed by atoms with Gasteiger partial charge in [-0.2, -0.15) is 0 Å². The molecule has 0 atom stereocenters. The second kappa shape index (κ2) is 7.06. The summed E-state index contributed by atoms with van der Waals surface area (Å²) in [6.07, 6.45) is 1.56. The van der Waals surface area contributed by atoms with Gasteiger partial charge < -0.3 is 15.1 Å². The van der Waals surface area contributed by atoms with E-state index < -0.39 is 0 Å². The second-order valence-corrected chi connectivity index (χ2v) is 5.62. The lowest BCUT2D eigenvalue weighted by atomic mass is 10.3. The third-order valence-corrected chi connectivity index (χ3v) is 3.49. The number of nitrogens with one attached hydrogen (secondary N) is 2. The molecule has 1 amide bonds. The van der Waals surface area contributed by atoms with Crippen LogP contribution >= 0.6 is 15.9 Å². The maximum atomic E-state index is 12.0. The Labute approximate surface area is 141 Å². The van der Waals surface area contributed by atoms with E-state index in [1.807, 2.05) is 24.3 Å². The molecule has 6 nitrogen and oxygen atoms in total. The lowest BCUT2D eigenvalue weighted by Crippen LogP contribution is -2.23. The van der Waals surface area contributed by atoms with E-state index >= 15 is 0 Å². The molecule has 2 N–H and O–H groups in total. The third-order valence-electron chi connectivity index (χ3n) is 3.00. The third kappa shape index (κ3) is 4.17. The number of benzene rings is 1. The summed E-state index contributed by atoms with van der Waals surface area (Å²) in [6, 6.07) is 14.6. The molecule has 0 aliphatic heterocycles. The molecule has 116 valence electrons. The minimum absolute atomic E-state index is 0.247. The van der Waals surface area contributed by atoms with Crippen molar-refractivity contribution in [3.63, 3.8) is 0 Å². The average Bonchev–Trinajstić information content (AvgIpc) is 3.07. The maximum absolute atomic E-state index is 12.0. The lowest BCUT2D eigenvalue weighted by molar-refractivity contribution is 0.0942. The van der Waals surface area contributed by atoms with Crippen LogP contribution in [-0.2, 0) is 6.54 Å². The van der Waals surface area contributed by atoms with Crippen LogP contribution in [0.2, 0.25) is 0 Å². The van der Waals surface area contributed by atoms with E-state index in [0.29, 0.717) is 18.1 Å². The molecule has 0 bridgehead atoms. The number of amides is 1. The van der Waals surface area contributed by atoms with Crippen LogP contribution in [-0.4, -0.2) is 16.1 Å². The van der Waals surface area contributed by atoms with E-state index in [2.05, 4.69) is 36.8 Å². The van der Waals surface area contributed by atoms with E-state index in [1.165, 1.54) is 0 Å². The molecule has 23 heavy (non-hydrogen) atoms. The maximum Gasteiger partial charge on any atom is 0.272 e. The Hall–Kier alpha value is -2.67. The average molecular weight is 373 g/mol. The molecule has 3 rings (SSSR count). The summed E-state index contributed by atoms with van der Waals surface area (Å²) in [5.41, 5.74) is 1.13. The molecule has 0 unspecified atom stereocenters. The van der Waals surface area contributed by atoms with Crippen molar-refractivity contribution < 1.29 is 9.21 Å². The van der Waals surface area contributed by atoms with Crippen LogP contribution < -0.4 is 10.6 Å². The van der Waals surface area contributed by atoms with Crippen LogP contribution in [0.15, 0.2) is 63.7 Å². The van der Waals surface area contributed by atoms with Gasteiger partial charge in [0.05, 0.1) is 12.8 Å². The molecule has 2 aromatic heterocycles. The minimum atomic E-state index is -0.303. The van der Waals surface area contributed by atoms with Crippen molar-refractivity contribution in [1.82, 2.24) is 15.5 Å². The summed E-state index contributed by atoms with van der Waals surface area (Å²) in [5.74, 6) is 0.938. The normalized spacial score (nSPS) is 10.3. The van der Waals surface area contributed by atoms with Gasteiger partial charge in [-0.15, -0.1) is 10.2 Å². The fourth-order valence-corrected chi connectivity index (χ4v) is 2.30. The Kier molecular flexibility index (Phi) is 4.68. The van der Waals surface area contributed by atoms with Gasteiger partial charge in [0.2, 0.25) is 0 Å². The van der Waals surface area contributed by atoms with Gasteiger partial charge in [0, 0.05) is 10.2 Å². The second-order valence-electron chi connectivity index (χ2n) is 4.70. The molecular weight excluding hydrogens is 360 g/mol. The Bertz CT molecular complexity index is 788. The summed E-state index contributed by atoms with van der Waals surface area (Å²) < 4.78 is 6.11. The van der Waals surface area contributed by atoms with Crippen molar-refractivity contribution in [2.45, 2.75) is 6.54 Å². The molecule has 0 spiro atoms. The van der Waals surface area contributed by atoms with Crippen molar-refractivity contribution >= 4 is 33.3 Å². The zero-order valence-electron chi connectivity index (χ0n) is 12.0. The summed E-state index contributed by atoms with van der Waals surface area (Å²) in [5, 5.41) is 13.8. The fourth-order valence-electron chi connectivity index (χ4n) is 1.91. The number of furan rings is 1. The highest BCUT2D eigenvalue weighted by Gasteiger charge is 2.09. The van der Waals surface area contributed by atoms with Crippen molar-refractivity contribution in [2.24, 2.45) is 0 Å². The SMILES string of the molecule is O=C(NCc1ccco1)c1ccc(Nc2cccc(Br)c2)nn1. The molecule has 7 heteroatoms. The molecule has 2 heterocycles. The highest BCUT2D eigenvalue weighted by atomic mass is 79.9. The molecule has 0 aliphatic rings. The standard InChI is InChI=1S/C16H13BrN4O2/c17-11-3-1-4-12(9-11)19-15-7-6-14(20-21-15)16(22)18-10-13-5-2-8-23-13/h1-9H,10H2,(H,18,22)(H,19,21). The number of nitrogens with zero attached hydrogens (tertiary/aromatic N) is 2. The zero-order chi connectivity index (χ0) is 16.1. The van der Waals surface area contributed by atoms with E-state index in [-0.39, 0.29) is 11.6 Å². The minimum Gasteiger partial charge on any atom is -0.467 e. The number of aromatic nitrogens is 2. The number of anilines is 2. The number of rotatable bonds is 5. The quantitative estimate of drug-likeness (QED) is 0.716. The first-order valence-electron chi connectivity index (χ1n) is 6.87. The molecule has 3 aromatic rings. The highest BCUT2D eigenvalue weighted by molar-refractivity contribution is 9.10. The van der Waals surface area contributed by atoms with Gasteiger partial charge in [-0.25, -0.2) is 0 Å². The summed E-state index contributed by atoms with van der Waals surface area (Å²) in [7, 11) is 0. The predicted molar refractivity (Wildman–Crippen MR) is 89.3 cm³/mol. The number of carbonyl (C=O) groups is 1. The van der Waals surface area contributed by atoms with Crippen LogP contribution in [0.4, 0.5) is 11.5 Å². The van der Waals surface area contributed by atoms with Crippen molar-refractivity contribution in [3.8, 4) is 0 Å². The Morgan fingerprint density at radius 2 is 2.04 bits per heavy atom. The van der Waals surface area contributed by atoms with Gasteiger partial charge in [-0.3, -0.25) is 4.79 Å². The first-order chi connectivity index (χ1) is 11.2. The van der Waals surface area contributed by atoms with Gasteiger partial charge in [0.25, 0.3) is 5.91 Å². The van der Waals surface area contributed by atoms with E-state index in [0.717, 1.165) is 10.2 Å². The van der Waals surface area contributed by atoms with E-state index in [4.69, 9.17) is 4.42 Å². The molecule has 1 aromatic carbocycles. The highest BCUT2D eigenvalue weighted by Crippen LogP contribution is 2.18.